The first kappa shape index (κ1) is 21.4. The summed E-state index contributed by atoms with van der Waals surface area (Å²) in [7, 11) is 5.06. The van der Waals surface area contributed by atoms with Crippen LogP contribution in [-0.4, -0.2) is 74.0 Å². The van der Waals surface area contributed by atoms with Gasteiger partial charge in [0.2, 0.25) is 0 Å². The van der Waals surface area contributed by atoms with Crippen molar-refractivity contribution in [2.24, 2.45) is 0 Å². The predicted molar refractivity (Wildman–Crippen MR) is 95.4 cm³/mol. The SMILES string of the molecule is CCOC(=O)CCN(CCN(C)C)C(=O)c1ccc(OC)c([N+](=O)[O-])c1. The largest absolute Gasteiger partial charge is 0.490 e. The summed E-state index contributed by atoms with van der Waals surface area (Å²) in [4.78, 5) is 38.3. The molecule has 1 aromatic carbocycles. The number of benzene rings is 1. The second-order valence-electron chi connectivity index (χ2n) is 5.79. The maximum absolute atomic E-state index is 12.8. The van der Waals surface area contributed by atoms with Gasteiger partial charge in [0.25, 0.3) is 5.91 Å². The molecule has 0 aliphatic rings. The van der Waals surface area contributed by atoms with Crippen LogP contribution >= 0.6 is 0 Å². The molecule has 1 amide bonds. The van der Waals surface area contributed by atoms with E-state index in [4.69, 9.17) is 9.47 Å². The predicted octanol–water partition coefficient (Wildman–Crippen LogP) is 1.56. The molecule has 0 fully saturated rings. The lowest BCUT2D eigenvalue weighted by molar-refractivity contribution is -0.385. The molecule has 0 saturated carbocycles. The monoisotopic (exact) mass is 367 g/mol. The minimum Gasteiger partial charge on any atom is -0.490 e. The quantitative estimate of drug-likeness (QED) is 0.351. The molecule has 0 aliphatic heterocycles. The number of likely N-dealkylation sites (N-methyl/N-ethyl adjacent to an activating group) is 1. The smallest absolute Gasteiger partial charge is 0.311 e. The Hall–Kier alpha value is -2.68. The van der Waals surface area contributed by atoms with Crippen molar-refractivity contribution in [1.29, 1.82) is 0 Å². The van der Waals surface area contributed by atoms with E-state index in [-0.39, 0.29) is 42.5 Å². The summed E-state index contributed by atoms with van der Waals surface area (Å²) in [5.41, 5.74) is -0.114. The number of nitro groups is 1. The molecule has 144 valence electrons. The third-order valence-corrected chi connectivity index (χ3v) is 3.62. The van der Waals surface area contributed by atoms with E-state index in [1.165, 1.54) is 30.2 Å². The van der Waals surface area contributed by atoms with E-state index in [2.05, 4.69) is 0 Å². The Morgan fingerprint density at radius 1 is 1.19 bits per heavy atom. The van der Waals surface area contributed by atoms with Crippen molar-refractivity contribution < 1.29 is 24.0 Å². The molecule has 0 heterocycles. The highest BCUT2D eigenvalue weighted by molar-refractivity contribution is 5.95. The summed E-state index contributed by atoms with van der Waals surface area (Å²) in [6.07, 6.45) is 0.0608. The van der Waals surface area contributed by atoms with Crippen LogP contribution in [0.5, 0.6) is 5.75 Å². The summed E-state index contributed by atoms with van der Waals surface area (Å²) < 4.78 is 9.84. The van der Waals surface area contributed by atoms with Crippen LogP contribution in [0.25, 0.3) is 0 Å². The van der Waals surface area contributed by atoms with Gasteiger partial charge in [0, 0.05) is 31.3 Å². The van der Waals surface area contributed by atoms with Crippen molar-refractivity contribution in [1.82, 2.24) is 9.80 Å². The van der Waals surface area contributed by atoms with Gasteiger partial charge < -0.3 is 19.3 Å². The Morgan fingerprint density at radius 3 is 2.42 bits per heavy atom. The number of carbonyl (C=O) groups excluding carboxylic acids is 2. The highest BCUT2D eigenvalue weighted by Gasteiger charge is 2.22. The van der Waals surface area contributed by atoms with Crippen LogP contribution in [0, 0.1) is 10.1 Å². The molecule has 9 heteroatoms. The summed E-state index contributed by atoms with van der Waals surface area (Å²) in [6.45, 7) is 3.13. The van der Waals surface area contributed by atoms with Gasteiger partial charge in [-0.1, -0.05) is 0 Å². The Bertz CT molecular complexity index is 647. The van der Waals surface area contributed by atoms with Gasteiger partial charge in [0.05, 0.1) is 25.1 Å². The number of carbonyl (C=O) groups is 2. The van der Waals surface area contributed by atoms with Crippen LogP contribution in [0.2, 0.25) is 0 Å². The molecule has 9 nitrogen and oxygen atoms in total. The minimum atomic E-state index is -0.599. The number of hydrogen-bond donors (Lipinski definition) is 0. The van der Waals surface area contributed by atoms with Crippen LogP contribution in [0.15, 0.2) is 18.2 Å². The Morgan fingerprint density at radius 2 is 1.88 bits per heavy atom. The highest BCUT2D eigenvalue weighted by atomic mass is 16.6. The van der Waals surface area contributed by atoms with Gasteiger partial charge in [-0.05, 0) is 33.2 Å². The Kier molecular flexibility index (Phi) is 8.50. The molecule has 0 radical (unpaired) electrons. The first-order valence-electron chi connectivity index (χ1n) is 8.22. The second-order valence-corrected chi connectivity index (χ2v) is 5.79. The van der Waals surface area contributed by atoms with Gasteiger partial charge in [-0.15, -0.1) is 0 Å². The van der Waals surface area contributed by atoms with Gasteiger partial charge in [-0.3, -0.25) is 19.7 Å². The molecule has 0 unspecified atom stereocenters. The topological polar surface area (TPSA) is 102 Å². The van der Waals surface area contributed by atoms with E-state index in [9.17, 15) is 19.7 Å². The fourth-order valence-electron chi connectivity index (χ4n) is 2.24. The molecule has 0 spiro atoms. The van der Waals surface area contributed by atoms with Gasteiger partial charge in [0.15, 0.2) is 5.75 Å². The average molecular weight is 367 g/mol. The van der Waals surface area contributed by atoms with E-state index in [1.54, 1.807) is 6.92 Å². The molecule has 0 aromatic heterocycles. The normalized spacial score (nSPS) is 10.5. The van der Waals surface area contributed by atoms with Crippen LogP contribution in [-0.2, 0) is 9.53 Å². The fraction of sp³-hybridized carbons (Fsp3) is 0.529. The molecule has 0 N–H and O–H groups in total. The number of amides is 1. The zero-order valence-corrected chi connectivity index (χ0v) is 15.6. The molecule has 26 heavy (non-hydrogen) atoms. The third-order valence-electron chi connectivity index (χ3n) is 3.62. The van der Waals surface area contributed by atoms with Crippen LogP contribution < -0.4 is 4.74 Å². The summed E-state index contributed by atoms with van der Waals surface area (Å²) >= 11 is 0. The molecular weight excluding hydrogens is 342 g/mol. The molecule has 0 aliphatic carbocycles. The molecule has 0 saturated heterocycles. The maximum atomic E-state index is 12.8. The number of methoxy groups -OCH3 is 1. The summed E-state index contributed by atoms with van der Waals surface area (Å²) in [5.74, 6) is -0.698. The number of esters is 1. The average Bonchev–Trinajstić information content (AvgIpc) is 2.60. The van der Waals surface area contributed by atoms with Crippen LogP contribution in [0.4, 0.5) is 5.69 Å². The van der Waals surface area contributed by atoms with E-state index in [0.717, 1.165) is 0 Å². The zero-order chi connectivity index (χ0) is 19.7. The van der Waals surface area contributed by atoms with E-state index in [1.807, 2.05) is 19.0 Å². The van der Waals surface area contributed by atoms with Crippen molar-refractivity contribution >= 4 is 17.6 Å². The molecule has 1 aromatic rings. The fourth-order valence-corrected chi connectivity index (χ4v) is 2.24. The van der Waals surface area contributed by atoms with Crippen molar-refractivity contribution in [2.75, 3.05) is 47.4 Å². The van der Waals surface area contributed by atoms with Crippen molar-refractivity contribution in [2.45, 2.75) is 13.3 Å². The van der Waals surface area contributed by atoms with Crippen molar-refractivity contribution in [3.63, 3.8) is 0 Å². The van der Waals surface area contributed by atoms with Gasteiger partial charge in [0.1, 0.15) is 0 Å². The maximum Gasteiger partial charge on any atom is 0.311 e. The van der Waals surface area contributed by atoms with Crippen LogP contribution in [0.1, 0.15) is 23.7 Å². The Balaban J connectivity index is 3.00. The minimum absolute atomic E-state index is 0.0608. The first-order valence-corrected chi connectivity index (χ1v) is 8.22. The number of hydrogen-bond acceptors (Lipinski definition) is 7. The Labute approximate surface area is 152 Å². The molecular formula is C17H25N3O6. The zero-order valence-electron chi connectivity index (χ0n) is 15.6. The van der Waals surface area contributed by atoms with Crippen molar-refractivity contribution in [3.8, 4) is 5.75 Å². The lowest BCUT2D eigenvalue weighted by atomic mass is 10.1. The molecule has 1 rings (SSSR count). The van der Waals surface area contributed by atoms with Gasteiger partial charge in [-0.25, -0.2) is 0 Å². The van der Waals surface area contributed by atoms with Gasteiger partial charge in [-0.2, -0.15) is 0 Å². The third kappa shape index (κ3) is 6.32. The lowest BCUT2D eigenvalue weighted by Gasteiger charge is -2.24. The summed E-state index contributed by atoms with van der Waals surface area (Å²) in [5, 5.41) is 11.2. The van der Waals surface area contributed by atoms with Gasteiger partial charge >= 0.3 is 11.7 Å². The number of rotatable bonds is 10. The second kappa shape index (κ2) is 10.3. The van der Waals surface area contributed by atoms with E-state index in [0.29, 0.717) is 13.1 Å². The first-order chi connectivity index (χ1) is 12.3. The summed E-state index contributed by atoms with van der Waals surface area (Å²) in [6, 6.07) is 4.05. The number of nitrogens with zero attached hydrogens (tertiary/aromatic N) is 3. The molecule has 0 bridgehead atoms. The molecule has 0 atom stereocenters. The van der Waals surface area contributed by atoms with Crippen molar-refractivity contribution in [3.05, 3.63) is 33.9 Å². The van der Waals surface area contributed by atoms with E-state index < -0.39 is 10.9 Å². The lowest BCUT2D eigenvalue weighted by Crippen LogP contribution is -2.38. The number of nitro benzene ring substituents is 1. The number of ether oxygens (including phenoxy) is 2. The van der Waals surface area contributed by atoms with Crippen LogP contribution in [0.3, 0.4) is 0 Å². The highest BCUT2D eigenvalue weighted by Crippen LogP contribution is 2.28. The van der Waals surface area contributed by atoms with E-state index >= 15 is 0 Å². The standard InChI is InChI=1S/C17H25N3O6/c1-5-26-16(21)8-9-19(11-10-18(2)3)17(22)13-6-7-15(25-4)14(12-13)20(23)24/h6-7,12H,5,8-11H2,1-4H3.